The molecule has 1 aliphatic rings. The molecule has 1 aromatic carbocycles. The van der Waals surface area contributed by atoms with Crippen LogP contribution in [-0.2, 0) is 0 Å². The third-order valence-corrected chi connectivity index (χ3v) is 4.63. The Balaban J connectivity index is 1.95. The number of piperidine rings is 1. The van der Waals surface area contributed by atoms with Crippen molar-refractivity contribution in [2.45, 2.75) is 32.6 Å². The summed E-state index contributed by atoms with van der Waals surface area (Å²) in [4.78, 5) is 2.59. The van der Waals surface area contributed by atoms with Crippen molar-refractivity contribution in [1.82, 2.24) is 4.90 Å². The van der Waals surface area contributed by atoms with Gasteiger partial charge in [-0.15, -0.1) is 0 Å². The van der Waals surface area contributed by atoms with Crippen LogP contribution in [0.2, 0.25) is 5.02 Å². The molecule has 1 aliphatic heterocycles. The van der Waals surface area contributed by atoms with Gasteiger partial charge in [0.25, 0.3) is 0 Å². The Kier molecular flexibility index (Phi) is 5.88. The Morgan fingerprint density at radius 2 is 1.80 bits per heavy atom. The molecule has 1 atom stereocenters. The van der Waals surface area contributed by atoms with Gasteiger partial charge in [-0.05, 0) is 67.9 Å². The van der Waals surface area contributed by atoms with Crippen molar-refractivity contribution in [1.29, 1.82) is 0 Å². The molecule has 0 radical (unpaired) electrons. The van der Waals surface area contributed by atoms with Crippen LogP contribution in [0.25, 0.3) is 0 Å². The molecule has 2 nitrogen and oxygen atoms in total. The van der Waals surface area contributed by atoms with E-state index in [1.807, 2.05) is 12.1 Å². The van der Waals surface area contributed by atoms with Crippen LogP contribution < -0.4 is 5.73 Å². The van der Waals surface area contributed by atoms with Gasteiger partial charge < -0.3 is 10.6 Å². The quantitative estimate of drug-likeness (QED) is 0.896. The predicted octanol–water partition coefficient (Wildman–Crippen LogP) is 3.75. The van der Waals surface area contributed by atoms with Crippen molar-refractivity contribution in [2.24, 2.45) is 17.6 Å². The first-order valence-corrected chi connectivity index (χ1v) is 8.15. The third-order valence-electron chi connectivity index (χ3n) is 4.38. The lowest BCUT2D eigenvalue weighted by Crippen LogP contribution is -2.38. The van der Waals surface area contributed by atoms with E-state index >= 15 is 0 Å². The number of rotatable bonds is 5. The van der Waals surface area contributed by atoms with Crippen LogP contribution in [0.1, 0.15) is 38.2 Å². The molecule has 1 fully saturated rings. The van der Waals surface area contributed by atoms with E-state index in [-0.39, 0.29) is 0 Å². The molecule has 1 heterocycles. The van der Waals surface area contributed by atoms with E-state index in [1.54, 1.807) is 0 Å². The molecule has 0 aliphatic carbocycles. The molecule has 0 saturated carbocycles. The number of hydrogen-bond acceptors (Lipinski definition) is 2. The van der Waals surface area contributed by atoms with Gasteiger partial charge in [0.15, 0.2) is 0 Å². The van der Waals surface area contributed by atoms with Crippen molar-refractivity contribution in [3.63, 3.8) is 0 Å². The van der Waals surface area contributed by atoms with Crippen LogP contribution in [0.5, 0.6) is 0 Å². The van der Waals surface area contributed by atoms with E-state index in [0.717, 1.165) is 17.5 Å². The second-order valence-corrected chi connectivity index (χ2v) is 6.86. The summed E-state index contributed by atoms with van der Waals surface area (Å²) in [5.74, 6) is 1.95. The molecule has 1 unspecified atom stereocenters. The maximum atomic E-state index is 6.04. The molecular weight excluding hydrogens is 268 g/mol. The lowest BCUT2D eigenvalue weighted by Gasteiger charge is -2.36. The number of nitrogens with zero attached hydrogens (tertiary/aromatic N) is 1. The summed E-state index contributed by atoms with van der Waals surface area (Å²) < 4.78 is 0. The molecule has 112 valence electrons. The Morgan fingerprint density at radius 3 is 2.30 bits per heavy atom. The molecule has 2 rings (SSSR count). The fourth-order valence-corrected chi connectivity index (χ4v) is 3.49. The minimum atomic E-state index is 0.480. The summed E-state index contributed by atoms with van der Waals surface area (Å²) in [6.45, 7) is 8.97. The SMILES string of the molecule is CC(C)CN1CCC(C(CN)c2ccc(Cl)cc2)CC1. The molecule has 1 aromatic rings. The van der Waals surface area contributed by atoms with Crippen molar-refractivity contribution in [3.05, 3.63) is 34.9 Å². The highest BCUT2D eigenvalue weighted by Crippen LogP contribution is 2.32. The zero-order valence-electron chi connectivity index (χ0n) is 12.7. The Bertz CT molecular complexity index is 394. The van der Waals surface area contributed by atoms with Crippen LogP contribution in [0.4, 0.5) is 0 Å². The summed E-state index contributed by atoms with van der Waals surface area (Å²) in [5.41, 5.74) is 7.39. The fraction of sp³-hybridized carbons (Fsp3) is 0.647. The van der Waals surface area contributed by atoms with Gasteiger partial charge in [-0.1, -0.05) is 37.6 Å². The van der Waals surface area contributed by atoms with Crippen LogP contribution in [0.15, 0.2) is 24.3 Å². The van der Waals surface area contributed by atoms with Crippen LogP contribution >= 0.6 is 11.6 Å². The second-order valence-electron chi connectivity index (χ2n) is 6.43. The predicted molar refractivity (Wildman–Crippen MR) is 87.2 cm³/mol. The molecule has 0 spiro atoms. The number of halogens is 1. The zero-order valence-corrected chi connectivity index (χ0v) is 13.4. The summed E-state index contributed by atoms with van der Waals surface area (Å²) in [7, 11) is 0. The van der Waals surface area contributed by atoms with Gasteiger partial charge in [-0.2, -0.15) is 0 Å². The van der Waals surface area contributed by atoms with E-state index < -0.39 is 0 Å². The van der Waals surface area contributed by atoms with E-state index in [1.165, 1.54) is 38.0 Å². The highest BCUT2D eigenvalue weighted by molar-refractivity contribution is 6.30. The normalized spacial score (nSPS) is 19.4. The zero-order chi connectivity index (χ0) is 14.5. The Hall–Kier alpha value is -0.570. The molecule has 0 aromatic heterocycles. The van der Waals surface area contributed by atoms with Gasteiger partial charge in [0.2, 0.25) is 0 Å². The topological polar surface area (TPSA) is 29.3 Å². The average molecular weight is 295 g/mol. The molecule has 3 heteroatoms. The number of likely N-dealkylation sites (tertiary alicyclic amines) is 1. The van der Waals surface area contributed by atoms with Crippen molar-refractivity contribution < 1.29 is 0 Å². The van der Waals surface area contributed by atoms with Gasteiger partial charge in [-0.25, -0.2) is 0 Å². The first-order valence-electron chi connectivity index (χ1n) is 7.78. The number of nitrogens with two attached hydrogens (primary N) is 1. The molecule has 1 saturated heterocycles. The van der Waals surface area contributed by atoms with Crippen molar-refractivity contribution in [3.8, 4) is 0 Å². The van der Waals surface area contributed by atoms with Crippen molar-refractivity contribution in [2.75, 3.05) is 26.2 Å². The van der Waals surface area contributed by atoms with Crippen LogP contribution in [0, 0.1) is 11.8 Å². The first kappa shape index (κ1) is 15.8. The minimum absolute atomic E-state index is 0.480. The summed E-state index contributed by atoms with van der Waals surface area (Å²) in [5, 5.41) is 0.802. The lowest BCUT2D eigenvalue weighted by atomic mass is 9.80. The highest BCUT2D eigenvalue weighted by atomic mass is 35.5. The molecule has 0 bridgehead atoms. The van der Waals surface area contributed by atoms with Gasteiger partial charge in [0, 0.05) is 11.6 Å². The summed E-state index contributed by atoms with van der Waals surface area (Å²) >= 11 is 5.97. The van der Waals surface area contributed by atoms with E-state index in [4.69, 9.17) is 17.3 Å². The van der Waals surface area contributed by atoms with Gasteiger partial charge in [-0.3, -0.25) is 0 Å². The van der Waals surface area contributed by atoms with E-state index in [2.05, 4.69) is 30.9 Å². The van der Waals surface area contributed by atoms with E-state index in [9.17, 15) is 0 Å². The maximum absolute atomic E-state index is 6.04. The molecule has 2 N–H and O–H groups in total. The Morgan fingerprint density at radius 1 is 1.20 bits per heavy atom. The molecular formula is C17H27ClN2. The minimum Gasteiger partial charge on any atom is -0.330 e. The second kappa shape index (κ2) is 7.44. The first-order chi connectivity index (χ1) is 9.60. The highest BCUT2D eigenvalue weighted by Gasteiger charge is 2.26. The fourth-order valence-electron chi connectivity index (χ4n) is 3.36. The Labute approximate surface area is 128 Å². The monoisotopic (exact) mass is 294 g/mol. The maximum Gasteiger partial charge on any atom is 0.0406 e. The average Bonchev–Trinajstić information content (AvgIpc) is 2.43. The van der Waals surface area contributed by atoms with Crippen LogP contribution in [-0.4, -0.2) is 31.1 Å². The number of hydrogen-bond donors (Lipinski definition) is 1. The third kappa shape index (κ3) is 4.21. The molecule has 20 heavy (non-hydrogen) atoms. The number of benzene rings is 1. The largest absolute Gasteiger partial charge is 0.330 e. The van der Waals surface area contributed by atoms with Crippen LogP contribution in [0.3, 0.4) is 0 Å². The van der Waals surface area contributed by atoms with Gasteiger partial charge >= 0.3 is 0 Å². The lowest BCUT2D eigenvalue weighted by molar-refractivity contribution is 0.155. The van der Waals surface area contributed by atoms with Gasteiger partial charge in [0.05, 0.1) is 0 Å². The summed E-state index contributed by atoms with van der Waals surface area (Å²) in [6.07, 6.45) is 2.52. The standard InChI is InChI=1S/C17H27ClN2/c1-13(2)12-20-9-7-15(8-10-20)17(11-19)14-3-5-16(18)6-4-14/h3-6,13,15,17H,7-12,19H2,1-2H3. The summed E-state index contributed by atoms with van der Waals surface area (Å²) in [6, 6.07) is 8.24. The van der Waals surface area contributed by atoms with E-state index in [0.29, 0.717) is 11.8 Å². The van der Waals surface area contributed by atoms with Crippen molar-refractivity contribution >= 4 is 11.6 Å². The van der Waals surface area contributed by atoms with Gasteiger partial charge in [0.1, 0.15) is 0 Å². The smallest absolute Gasteiger partial charge is 0.0406 e. The molecule has 0 amide bonds.